The van der Waals surface area contributed by atoms with E-state index < -0.39 is 0 Å². The van der Waals surface area contributed by atoms with Gasteiger partial charge in [-0.15, -0.1) is 11.3 Å². The van der Waals surface area contributed by atoms with Gasteiger partial charge in [0.1, 0.15) is 5.75 Å². The zero-order chi connectivity index (χ0) is 16.4. The molecule has 0 amide bonds. The third-order valence-electron chi connectivity index (χ3n) is 4.35. The molecule has 1 saturated heterocycles. The fourth-order valence-electron chi connectivity index (χ4n) is 3.11. The van der Waals surface area contributed by atoms with Crippen molar-refractivity contribution in [3.05, 3.63) is 53.2 Å². The van der Waals surface area contributed by atoms with Crippen molar-refractivity contribution in [3.63, 3.8) is 0 Å². The topological polar surface area (TPSA) is 51.4 Å². The molecule has 0 unspecified atom stereocenters. The van der Waals surface area contributed by atoms with Crippen LogP contribution in [0.4, 0.5) is 0 Å². The van der Waals surface area contributed by atoms with Crippen LogP contribution >= 0.6 is 11.3 Å². The maximum absolute atomic E-state index is 5.51. The number of thiophene rings is 1. The van der Waals surface area contributed by atoms with E-state index in [0.29, 0.717) is 11.7 Å². The Morgan fingerprint density at radius 2 is 2.29 bits per heavy atom. The molecule has 1 aliphatic heterocycles. The summed E-state index contributed by atoms with van der Waals surface area (Å²) in [6.45, 7) is 2.90. The number of rotatable bonds is 5. The third kappa shape index (κ3) is 3.20. The summed E-state index contributed by atoms with van der Waals surface area (Å²) < 4.78 is 10.8. The maximum Gasteiger partial charge on any atom is 0.231 e. The van der Waals surface area contributed by atoms with Crippen molar-refractivity contribution in [2.24, 2.45) is 0 Å². The lowest BCUT2D eigenvalue weighted by atomic mass is 10.1. The fraction of sp³-hybridized carbons (Fsp3) is 0.333. The van der Waals surface area contributed by atoms with Crippen LogP contribution in [0.1, 0.15) is 23.8 Å². The van der Waals surface area contributed by atoms with Crippen molar-refractivity contribution in [3.8, 4) is 16.5 Å². The predicted octanol–water partition coefficient (Wildman–Crippen LogP) is 3.80. The molecule has 2 aromatic heterocycles. The van der Waals surface area contributed by atoms with Crippen LogP contribution in [0.15, 0.2) is 46.3 Å². The van der Waals surface area contributed by atoms with Crippen LogP contribution < -0.4 is 4.74 Å². The van der Waals surface area contributed by atoms with E-state index in [1.165, 1.54) is 5.56 Å². The van der Waals surface area contributed by atoms with Gasteiger partial charge in [-0.25, -0.2) is 0 Å². The first-order valence-electron chi connectivity index (χ1n) is 8.04. The quantitative estimate of drug-likeness (QED) is 0.706. The lowest BCUT2D eigenvalue weighted by Crippen LogP contribution is -2.19. The first-order valence-corrected chi connectivity index (χ1v) is 8.92. The Kier molecular flexibility index (Phi) is 4.32. The third-order valence-corrected chi connectivity index (χ3v) is 5.21. The van der Waals surface area contributed by atoms with E-state index in [1.807, 2.05) is 29.6 Å². The Labute approximate surface area is 144 Å². The molecule has 24 heavy (non-hydrogen) atoms. The van der Waals surface area contributed by atoms with E-state index in [9.17, 15) is 0 Å². The van der Waals surface area contributed by atoms with Gasteiger partial charge < -0.3 is 9.26 Å². The van der Waals surface area contributed by atoms with Crippen LogP contribution in [0, 0.1) is 0 Å². The molecule has 124 valence electrons. The van der Waals surface area contributed by atoms with Crippen LogP contribution in [0.5, 0.6) is 5.75 Å². The van der Waals surface area contributed by atoms with Gasteiger partial charge in [-0.1, -0.05) is 23.4 Å². The second-order valence-corrected chi connectivity index (χ2v) is 6.95. The van der Waals surface area contributed by atoms with E-state index in [2.05, 4.69) is 27.2 Å². The number of ether oxygens (including phenoxy) is 1. The summed E-state index contributed by atoms with van der Waals surface area (Å²) in [7, 11) is 1.70. The average Bonchev–Trinajstić information content (AvgIpc) is 3.35. The Bertz CT molecular complexity index is 800. The molecule has 6 heteroatoms. The second kappa shape index (κ2) is 6.75. The van der Waals surface area contributed by atoms with Gasteiger partial charge in [-0.2, -0.15) is 4.98 Å². The number of hydrogen-bond donors (Lipinski definition) is 0. The number of nitrogens with zero attached hydrogens (tertiary/aromatic N) is 3. The summed E-state index contributed by atoms with van der Waals surface area (Å²) in [5.74, 6) is 2.68. The molecule has 3 aromatic rings. The number of likely N-dealkylation sites (tertiary alicyclic amines) is 1. The summed E-state index contributed by atoms with van der Waals surface area (Å²) in [5.41, 5.74) is 1.26. The summed E-state index contributed by atoms with van der Waals surface area (Å²) in [6.07, 6.45) is 1.05. The molecule has 0 bridgehead atoms. The van der Waals surface area contributed by atoms with Gasteiger partial charge in [0, 0.05) is 13.1 Å². The summed E-state index contributed by atoms with van der Waals surface area (Å²) in [5, 5.41) is 6.15. The molecular formula is C18H19N3O2S. The zero-order valence-corrected chi connectivity index (χ0v) is 14.3. The SMILES string of the molecule is COc1cccc(CN2CC[C@H](c3nc(-c4cccs4)no3)C2)c1. The highest BCUT2D eigenvalue weighted by Crippen LogP contribution is 2.30. The van der Waals surface area contributed by atoms with Crippen molar-refractivity contribution in [2.45, 2.75) is 18.9 Å². The minimum Gasteiger partial charge on any atom is -0.497 e. The van der Waals surface area contributed by atoms with Crippen molar-refractivity contribution in [2.75, 3.05) is 20.2 Å². The highest BCUT2D eigenvalue weighted by atomic mass is 32.1. The van der Waals surface area contributed by atoms with Crippen LogP contribution in [-0.4, -0.2) is 35.2 Å². The van der Waals surface area contributed by atoms with Gasteiger partial charge in [0.05, 0.1) is 17.9 Å². The molecule has 0 N–H and O–H groups in total. The fourth-order valence-corrected chi connectivity index (χ4v) is 3.76. The Hall–Kier alpha value is -2.18. The van der Waals surface area contributed by atoms with Gasteiger partial charge in [0.25, 0.3) is 0 Å². The van der Waals surface area contributed by atoms with Gasteiger partial charge in [0.2, 0.25) is 11.7 Å². The Morgan fingerprint density at radius 3 is 3.12 bits per heavy atom. The lowest BCUT2D eigenvalue weighted by Gasteiger charge is -2.15. The predicted molar refractivity (Wildman–Crippen MR) is 93.2 cm³/mol. The summed E-state index contributed by atoms with van der Waals surface area (Å²) >= 11 is 1.63. The van der Waals surface area contributed by atoms with Crippen molar-refractivity contribution < 1.29 is 9.26 Å². The summed E-state index contributed by atoms with van der Waals surface area (Å²) in [6, 6.07) is 12.3. The van der Waals surface area contributed by atoms with Crippen LogP contribution in [0.3, 0.4) is 0 Å². The molecule has 0 radical (unpaired) electrons. The lowest BCUT2D eigenvalue weighted by molar-refractivity contribution is 0.308. The standard InChI is InChI=1S/C18H19N3O2S/c1-22-15-5-2-4-13(10-15)11-21-8-7-14(12-21)18-19-17(20-23-18)16-6-3-9-24-16/h2-6,9-10,14H,7-8,11-12H2,1H3/t14-/m0/s1. The van der Waals surface area contributed by atoms with Crippen molar-refractivity contribution >= 4 is 11.3 Å². The molecule has 1 aromatic carbocycles. The normalized spacial score (nSPS) is 18.1. The van der Waals surface area contributed by atoms with Gasteiger partial charge in [0.15, 0.2) is 0 Å². The minimum atomic E-state index is 0.317. The maximum atomic E-state index is 5.51. The number of methoxy groups -OCH3 is 1. The highest BCUT2D eigenvalue weighted by molar-refractivity contribution is 7.13. The highest BCUT2D eigenvalue weighted by Gasteiger charge is 2.28. The Balaban J connectivity index is 1.41. The Morgan fingerprint density at radius 1 is 1.33 bits per heavy atom. The average molecular weight is 341 g/mol. The molecule has 5 nitrogen and oxygen atoms in total. The van der Waals surface area contributed by atoms with E-state index in [4.69, 9.17) is 9.26 Å². The van der Waals surface area contributed by atoms with Gasteiger partial charge in [-0.3, -0.25) is 4.90 Å². The second-order valence-electron chi connectivity index (χ2n) is 6.01. The first-order chi connectivity index (χ1) is 11.8. The number of benzene rings is 1. The molecule has 4 rings (SSSR count). The molecule has 0 saturated carbocycles. The first kappa shape index (κ1) is 15.4. The van der Waals surface area contributed by atoms with Gasteiger partial charge in [-0.05, 0) is 42.1 Å². The van der Waals surface area contributed by atoms with Crippen LogP contribution in [-0.2, 0) is 6.54 Å². The monoisotopic (exact) mass is 341 g/mol. The van der Waals surface area contributed by atoms with Crippen molar-refractivity contribution in [1.82, 2.24) is 15.0 Å². The van der Waals surface area contributed by atoms with Crippen LogP contribution in [0.2, 0.25) is 0 Å². The number of aromatic nitrogens is 2. The molecule has 3 heterocycles. The van der Waals surface area contributed by atoms with E-state index in [1.54, 1.807) is 18.4 Å². The molecular weight excluding hydrogens is 322 g/mol. The van der Waals surface area contributed by atoms with E-state index in [-0.39, 0.29) is 0 Å². The summed E-state index contributed by atoms with van der Waals surface area (Å²) in [4.78, 5) is 8.07. The smallest absolute Gasteiger partial charge is 0.231 e. The number of hydrogen-bond acceptors (Lipinski definition) is 6. The molecule has 0 aliphatic carbocycles. The molecule has 0 spiro atoms. The van der Waals surface area contributed by atoms with E-state index in [0.717, 1.165) is 42.6 Å². The van der Waals surface area contributed by atoms with E-state index >= 15 is 0 Å². The molecule has 1 atom stereocenters. The molecule has 1 aliphatic rings. The zero-order valence-electron chi connectivity index (χ0n) is 13.5. The van der Waals surface area contributed by atoms with Crippen molar-refractivity contribution in [1.29, 1.82) is 0 Å². The largest absolute Gasteiger partial charge is 0.497 e. The van der Waals surface area contributed by atoms with Crippen LogP contribution in [0.25, 0.3) is 10.7 Å². The molecule has 1 fully saturated rings. The minimum absolute atomic E-state index is 0.317. The van der Waals surface area contributed by atoms with Gasteiger partial charge >= 0.3 is 0 Å².